The number of aromatic nitrogens is 3. The minimum Gasteiger partial charge on any atom is -0.339 e. The smallest absolute Gasteiger partial charge is 0.339 e. The van der Waals surface area contributed by atoms with Crippen LogP contribution in [0.3, 0.4) is 0 Å². The first-order chi connectivity index (χ1) is 10.3. The molecule has 2 rings (SSSR count). The lowest BCUT2D eigenvalue weighted by Crippen LogP contribution is -2.14. The molecule has 2 heterocycles. The van der Waals surface area contributed by atoms with E-state index >= 15 is 0 Å². The van der Waals surface area contributed by atoms with Gasteiger partial charge in [-0.25, -0.2) is 4.98 Å². The van der Waals surface area contributed by atoms with E-state index in [-0.39, 0.29) is 12.2 Å². The Morgan fingerprint density at radius 1 is 1.41 bits per heavy atom. The summed E-state index contributed by atoms with van der Waals surface area (Å²) >= 11 is 0. The third-order valence-electron chi connectivity index (χ3n) is 2.72. The van der Waals surface area contributed by atoms with Gasteiger partial charge in [-0.3, -0.25) is 4.79 Å². The molecule has 0 fully saturated rings. The molecule has 0 atom stereocenters. The highest BCUT2D eigenvalue weighted by atomic mass is 19.4. The molecule has 118 valence electrons. The molecular weight excluding hydrogens is 301 g/mol. The number of carbonyl (C=O) groups excluding carboxylic acids is 1. The molecule has 0 bridgehead atoms. The first-order valence-electron chi connectivity index (χ1n) is 6.47. The van der Waals surface area contributed by atoms with Crippen LogP contribution < -0.4 is 5.32 Å². The summed E-state index contributed by atoms with van der Waals surface area (Å²) in [6.07, 6.45) is -2.51. The van der Waals surface area contributed by atoms with Crippen molar-refractivity contribution in [2.45, 2.75) is 32.4 Å². The Balaban J connectivity index is 1.84. The number of carbonyl (C=O) groups is 1. The minimum absolute atomic E-state index is 0.110. The number of hydrogen-bond donors (Lipinski definition) is 1. The van der Waals surface area contributed by atoms with E-state index in [0.717, 1.165) is 18.3 Å². The maximum absolute atomic E-state index is 12.5. The van der Waals surface area contributed by atoms with Crippen LogP contribution in [-0.4, -0.2) is 21.0 Å². The van der Waals surface area contributed by atoms with Crippen molar-refractivity contribution >= 4 is 11.7 Å². The molecule has 0 saturated carbocycles. The number of anilines is 1. The fourth-order valence-electron chi connectivity index (χ4n) is 1.72. The van der Waals surface area contributed by atoms with Crippen LogP contribution in [0.5, 0.6) is 0 Å². The van der Waals surface area contributed by atoms with Crippen molar-refractivity contribution in [3.63, 3.8) is 0 Å². The molecule has 0 saturated heterocycles. The summed E-state index contributed by atoms with van der Waals surface area (Å²) in [5.41, 5.74) is -0.862. The summed E-state index contributed by atoms with van der Waals surface area (Å²) in [4.78, 5) is 19.3. The van der Waals surface area contributed by atoms with Gasteiger partial charge in [0.25, 0.3) is 0 Å². The first-order valence-corrected chi connectivity index (χ1v) is 6.47. The Labute approximate surface area is 123 Å². The fourth-order valence-corrected chi connectivity index (χ4v) is 1.72. The number of nitrogens with zero attached hydrogens (tertiary/aromatic N) is 3. The maximum Gasteiger partial charge on any atom is 0.416 e. The van der Waals surface area contributed by atoms with Crippen LogP contribution in [0.2, 0.25) is 0 Å². The zero-order chi connectivity index (χ0) is 16.2. The summed E-state index contributed by atoms with van der Waals surface area (Å²) < 4.78 is 42.5. The molecule has 2 aromatic heterocycles. The van der Waals surface area contributed by atoms with Crippen molar-refractivity contribution in [3.8, 4) is 0 Å². The van der Waals surface area contributed by atoms with Crippen LogP contribution >= 0.6 is 0 Å². The molecule has 0 unspecified atom stereocenters. The van der Waals surface area contributed by atoms with Crippen molar-refractivity contribution in [3.05, 3.63) is 35.6 Å². The molecule has 0 aliphatic heterocycles. The SMILES string of the molecule is Cc1noc(CCCC(=O)Nc2cc(C(F)(F)F)ccn2)n1. The van der Waals surface area contributed by atoms with Crippen LogP contribution in [-0.2, 0) is 17.4 Å². The second-order valence-electron chi connectivity index (χ2n) is 4.56. The lowest BCUT2D eigenvalue weighted by atomic mass is 10.2. The molecule has 0 aliphatic carbocycles. The zero-order valence-electron chi connectivity index (χ0n) is 11.6. The van der Waals surface area contributed by atoms with Crippen LogP contribution in [0.25, 0.3) is 0 Å². The lowest BCUT2D eigenvalue weighted by Gasteiger charge is -2.08. The van der Waals surface area contributed by atoms with Gasteiger partial charge in [0, 0.05) is 19.0 Å². The predicted molar refractivity (Wildman–Crippen MR) is 69.8 cm³/mol. The maximum atomic E-state index is 12.5. The summed E-state index contributed by atoms with van der Waals surface area (Å²) in [6, 6.07) is 1.63. The molecule has 0 aliphatic rings. The molecule has 0 radical (unpaired) electrons. The average molecular weight is 314 g/mol. The van der Waals surface area contributed by atoms with E-state index in [1.807, 2.05) is 0 Å². The van der Waals surface area contributed by atoms with Crippen molar-refractivity contribution in [1.82, 2.24) is 15.1 Å². The molecule has 6 nitrogen and oxygen atoms in total. The number of pyridine rings is 1. The number of halogens is 3. The van der Waals surface area contributed by atoms with Crippen molar-refractivity contribution in [2.24, 2.45) is 0 Å². The highest BCUT2D eigenvalue weighted by molar-refractivity contribution is 5.89. The lowest BCUT2D eigenvalue weighted by molar-refractivity contribution is -0.137. The molecule has 0 spiro atoms. The van der Waals surface area contributed by atoms with Crippen molar-refractivity contribution < 1.29 is 22.5 Å². The second-order valence-corrected chi connectivity index (χ2v) is 4.56. The van der Waals surface area contributed by atoms with Crippen molar-refractivity contribution in [1.29, 1.82) is 0 Å². The number of aryl methyl sites for hydroxylation is 2. The van der Waals surface area contributed by atoms with Crippen molar-refractivity contribution in [2.75, 3.05) is 5.32 Å². The molecule has 9 heteroatoms. The van der Waals surface area contributed by atoms with E-state index in [4.69, 9.17) is 4.52 Å². The third-order valence-corrected chi connectivity index (χ3v) is 2.72. The van der Waals surface area contributed by atoms with Crippen LogP contribution in [0.15, 0.2) is 22.9 Å². The van der Waals surface area contributed by atoms with E-state index in [1.165, 1.54) is 0 Å². The van der Waals surface area contributed by atoms with Gasteiger partial charge in [-0.15, -0.1) is 0 Å². The molecule has 1 amide bonds. The Kier molecular flexibility index (Phi) is 4.74. The molecule has 0 aromatic carbocycles. The highest BCUT2D eigenvalue weighted by Crippen LogP contribution is 2.29. The summed E-state index contributed by atoms with van der Waals surface area (Å²) in [5.74, 6) is 0.367. The third kappa shape index (κ3) is 4.54. The second kappa shape index (κ2) is 6.54. The standard InChI is InChI=1S/C13H13F3N4O2/c1-8-18-12(22-20-8)4-2-3-11(21)19-10-7-9(5-6-17-10)13(14,15)16/h5-7H,2-4H2,1H3,(H,17,19,21). The number of rotatable bonds is 5. The number of hydrogen-bond acceptors (Lipinski definition) is 5. The quantitative estimate of drug-likeness (QED) is 0.917. The predicted octanol–water partition coefficient (Wildman–Crippen LogP) is 2.75. The van der Waals surface area contributed by atoms with E-state index < -0.39 is 17.6 Å². The molecule has 22 heavy (non-hydrogen) atoms. The van der Waals surface area contributed by atoms with Gasteiger partial charge < -0.3 is 9.84 Å². The Bertz CT molecular complexity index is 655. The molecule has 1 N–H and O–H groups in total. The monoisotopic (exact) mass is 314 g/mol. The van der Waals surface area contributed by atoms with E-state index in [0.29, 0.717) is 24.6 Å². The highest BCUT2D eigenvalue weighted by Gasteiger charge is 2.30. The first kappa shape index (κ1) is 15.9. The number of nitrogens with one attached hydrogen (secondary N) is 1. The van der Waals surface area contributed by atoms with Gasteiger partial charge in [-0.05, 0) is 25.5 Å². The minimum atomic E-state index is -4.47. The van der Waals surface area contributed by atoms with Gasteiger partial charge in [0.1, 0.15) is 5.82 Å². The summed E-state index contributed by atoms with van der Waals surface area (Å²) in [7, 11) is 0. The normalized spacial score (nSPS) is 11.5. The number of alkyl halides is 3. The fraction of sp³-hybridized carbons (Fsp3) is 0.385. The average Bonchev–Trinajstić information content (AvgIpc) is 2.84. The largest absolute Gasteiger partial charge is 0.416 e. The summed E-state index contributed by atoms with van der Waals surface area (Å²) in [5, 5.41) is 5.94. The van der Waals surface area contributed by atoms with E-state index in [2.05, 4.69) is 20.4 Å². The number of amides is 1. The van der Waals surface area contributed by atoms with Gasteiger partial charge >= 0.3 is 6.18 Å². The van der Waals surface area contributed by atoms with Gasteiger partial charge in [0.15, 0.2) is 5.82 Å². The zero-order valence-corrected chi connectivity index (χ0v) is 11.6. The van der Waals surface area contributed by atoms with E-state index in [1.54, 1.807) is 6.92 Å². The van der Waals surface area contributed by atoms with E-state index in [9.17, 15) is 18.0 Å². The Morgan fingerprint density at radius 2 is 2.18 bits per heavy atom. The van der Waals surface area contributed by atoms with Gasteiger partial charge in [0.05, 0.1) is 5.56 Å². The van der Waals surface area contributed by atoms with Gasteiger partial charge in [0.2, 0.25) is 11.8 Å². The molecule has 2 aromatic rings. The van der Waals surface area contributed by atoms with Crippen LogP contribution in [0.4, 0.5) is 19.0 Å². The summed E-state index contributed by atoms with van der Waals surface area (Å²) in [6.45, 7) is 1.68. The molecular formula is C13H13F3N4O2. The Hall–Kier alpha value is -2.45. The van der Waals surface area contributed by atoms with Gasteiger partial charge in [-0.1, -0.05) is 5.16 Å². The Morgan fingerprint density at radius 3 is 2.82 bits per heavy atom. The van der Waals surface area contributed by atoms with Gasteiger partial charge in [-0.2, -0.15) is 18.2 Å². The topological polar surface area (TPSA) is 80.9 Å². The van der Waals surface area contributed by atoms with Crippen LogP contribution in [0, 0.1) is 6.92 Å². The van der Waals surface area contributed by atoms with Crippen LogP contribution in [0.1, 0.15) is 30.1 Å².